The maximum absolute atomic E-state index is 13.6. The quantitative estimate of drug-likeness (QED) is 0.283. The van der Waals surface area contributed by atoms with Crippen molar-refractivity contribution < 1.29 is 23.6 Å². The van der Waals surface area contributed by atoms with Crippen LogP contribution in [0.4, 0.5) is 17.1 Å². The van der Waals surface area contributed by atoms with E-state index in [1.807, 2.05) is 0 Å². The Balaban J connectivity index is 2.06. The van der Waals surface area contributed by atoms with Crippen molar-refractivity contribution in [3.8, 4) is 5.75 Å². The summed E-state index contributed by atoms with van der Waals surface area (Å²) < 4.78 is 6.27. The lowest BCUT2D eigenvalue weighted by atomic mass is 9.81. The molecule has 0 unspecified atom stereocenters. The molecule has 1 aliphatic carbocycles. The Hall–Kier alpha value is -3.39. The highest BCUT2D eigenvalue weighted by molar-refractivity contribution is 6.34. The van der Waals surface area contributed by atoms with Gasteiger partial charge in [-0.1, -0.05) is 12.1 Å². The van der Waals surface area contributed by atoms with Crippen molar-refractivity contribution in [3.05, 3.63) is 46.5 Å². The topological polar surface area (TPSA) is 111 Å². The third-order valence-corrected chi connectivity index (χ3v) is 5.96. The summed E-state index contributed by atoms with van der Waals surface area (Å²) >= 11 is 0. The Bertz CT molecular complexity index is 1090. The molecule has 8 nitrogen and oxygen atoms in total. The number of fused-ring (bicyclic) bond motifs is 2. The van der Waals surface area contributed by atoms with Gasteiger partial charge >= 0.3 is 0 Å². The fourth-order valence-corrected chi connectivity index (χ4v) is 3.88. The molecule has 0 bridgehead atoms. The maximum Gasteiger partial charge on any atom is 0.221 e. The number of carbonyl (C=O) groups excluding carboxylic acids is 3. The molecule has 1 amide bonds. The maximum atomic E-state index is 13.6. The number of amides is 1. The molecule has 1 aliphatic rings. The lowest BCUT2D eigenvalue weighted by Gasteiger charge is -2.28. The van der Waals surface area contributed by atoms with Gasteiger partial charge in [0.25, 0.3) is 0 Å². The molecule has 4 N–H and O–H groups in total. The van der Waals surface area contributed by atoms with Gasteiger partial charge in [-0.05, 0) is 13.0 Å². The van der Waals surface area contributed by atoms with Crippen LogP contribution in [-0.2, 0) is 4.79 Å². The highest BCUT2D eigenvalue weighted by Gasteiger charge is 2.36. The van der Waals surface area contributed by atoms with Gasteiger partial charge < -0.3 is 25.6 Å². The molecule has 2 aromatic carbocycles. The van der Waals surface area contributed by atoms with Crippen LogP contribution >= 0.6 is 0 Å². The molecule has 0 heterocycles. The van der Waals surface area contributed by atoms with E-state index in [4.69, 9.17) is 10.5 Å². The molecule has 0 saturated carbocycles. The second-order valence-corrected chi connectivity index (χ2v) is 8.61. The zero-order valence-electron chi connectivity index (χ0n) is 19.3. The molecule has 2 aromatic rings. The second kappa shape index (κ2) is 9.00. The zero-order valence-corrected chi connectivity index (χ0v) is 19.3. The number of nitrogens with one attached hydrogen (secondary N) is 2. The number of hydrogen-bond donors (Lipinski definition) is 3. The first-order chi connectivity index (χ1) is 15.1. The van der Waals surface area contributed by atoms with Gasteiger partial charge in [-0.25, -0.2) is 0 Å². The number of carbonyl (C=O) groups is 3. The van der Waals surface area contributed by atoms with Crippen molar-refractivity contribution >= 4 is 34.5 Å². The van der Waals surface area contributed by atoms with E-state index >= 15 is 0 Å². The summed E-state index contributed by atoms with van der Waals surface area (Å²) in [6.07, 6.45) is 0.873. The summed E-state index contributed by atoms with van der Waals surface area (Å²) in [6.45, 7) is 6.08. The molecule has 32 heavy (non-hydrogen) atoms. The summed E-state index contributed by atoms with van der Waals surface area (Å²) in [5.74, 6) is -0.724. The number of nitrogen functional groups attached to an aromatic ring is 1. The van der Waals surface area contributed by atoms with Crippen molar-refractivity contribution in [2.75, 3.05) is 57.2 Å². The van der Waals surface area contributed by atoms with E-state index in [2.05, 4.69) is 31.7 Å². The summed E-state index contributed by atoms with van der Waals surface area (Å²) in [4.78, 5) is 38.7. The van der Waals surface area contributed by atoms with Gasteiger partial charge in [0.15, 0.2) is 11.6 Å². The van der Waals surface area contributed by atoms with Crippen LogP contribution in [-0.4, -0.2) is 62.8 Å². The summed E-state index contributed by atoms with van der Waals surface area (Å²) in [5.41, 5.74) is 7.91. The standard InChI is InChI=1S/C24H30N4O4/c1-6-28(3,4)12-8-11-26-17-13-18(32-5)22(25)21-20(17)24(31)19-15(23(21)30)9-7-10-16(19)27-14(2)29/h7,9-10,13H,6,8,11-12H2,1-5H3,(H3-,25,26,27,29,30,31)/p+1. The number of ether oxygens (including phenoxy) is 1. The van der Waals surface area contributed by atoms with E-state index in [9.17, 15) is 14.4 Å². The van der Waals surface area contributed by atoms with E-state index in [1.165, 1.54) is 14.0 Å². The average Bonchev–Trinajstić information content (AvgIpc) is 2.75. The van der Waals surface area contributed by atoms with Crippen LogP contribution in [0.2, 0.25) is 0 Å². The first kappa shape index (κ1) is 23.3. The normalized spacial score (nSPS) is 12.8. The highest BCUT2D eigenvalue weighted by atomic mass is 16.5. The van der Waals surface area contributed by atoms with Crippen molar-refractivity contribution in [3.63, 3.8) is 0 Å². The molecular formula is C24H31N4O4+. The lowest BCUT2D eigenvalue weighted by Crippen LogP contribution is -2.40. The Morgan fingerprint density at radius 3 is 2.44 bits per heavy atom. The Morgan fingerprint density at radius 2 is 1.81 bits per heavy atom. The van der Waals surface area contributed by atoms with Crippen LogP contribution < -0.4 is 21.1 Å². The van der Waals surface area contributed by atoms with Gasteiger partial charge in [0.05, 0.1) is 62.4 Å². The molecule has 0 fully saturated rings. The van der Waals surface area contributed by atoms with E-state index < -0.39 is 0 Å². The van der Waals surface area contributed by atoms with Crippen molar-refractivity contribution in [2.45, 2.75) is 20.3 Å². The molecule has 0 radical (unpaired) electrons. The van der Waals surface area contributed by atoms with Gasteiger partial charge in [-0.3, -0.25) is 14.4 Å². The van der Waals surface area contributed by atoms with Crippen LogP contribution in [0.25, 0.3) is 0 Å². The molecule has 0 spiro atoms. The number of nitrogens with zero attached hydrogens (tertiary/aromatic N) is 1. The minimum atomic E-state index is -0.370. The van der Waals surface area contributed by atoms with Gasteiger partial charge in [-0.2, -0.15) is 0 Å². The third kappa shape index (κ3) is 4.31. The number of ketones is 2. The average molecular weight is 440 g/mol. The SMILES string of the molecule is CC[N+](C)(C)CCCNc1cc(OC)c(N)c2c1C(=O)c1c(NC(C)=O)cccc1C2=O. The minimum Gasteiger partial charge on any atom is -0.494 e. The molecule has 0 aliphatic heterocycles. The first-order valence-corrected chi connectivity index (χ1v) is 10.7. The number of rotatable bonds is 8. The van der Waals surface area contributed by atoms with Crippen LogP contribution in [0.5, 0.6) is 5.75 Å². The molecule has 170 valence electrons. The number of benzene rings is 2. The molecule has 0 saturated heterocycles. The summed E-state index contributed by atoms with van der Waals surface area (Å²) in [6, 6.07) is 6.47. The zero-order chi connectivity index (χ0) is 23.6. The monoisotopic (exact) mass is 439 g/mol. The Labute approximate surface area is 188 Å². The third-order valence-electron chi connectivity index (χ3n) is 5.96. The van der Waals surface area contributed by atoms with Gasteiger partial charge in [-0.15, -0.1) is 0 Å². The minimum absolute atomic E-state index is 0.130. The lowest BCUT2D eigenvalue weighted by molar-refractivity contribution is -0.888. The van der Waals surface area contributed by atoms with Gasteiger partial charge in [0.2, 0.25) is 5.91 Å². The number of nitrogens with two attached hydrogens (primary N) is 1. The predicted octanol–water partition coefficient (Wildman–Crippen LogP) is 2.91. The highest BCUT2D eigenvalue weighted by Crippen LogP contribution is 2.42. The molecule has 3 rings (SSSR count). The van der Waals surface area contributed by atoms with E-state index in [1.54, 1.807) is 24.3 Å². The van der Waals surface area contributed by atoms with Gasteiger partial charge in [0.1, 0.15) is 5.75 Å². The van der Waals surface area contributed by atoms with Crippen LogP contribution in [0.15, 0.2) is 24.3 Å². The van der Waals surface area contributed by atoms with Crippen molar-refractivity contribution in [1.82, 2.24) is 0 Å². The van der Waals surface area contributed by atoms with E-state index in [0.717, 1.165) is 24.0 Å². The van der Waals surface area contributed by atoms with Crippen LogP contribution in [0, 0.1) is 0 Å². The van der Waals surface area contributed by atoms with Crippen molar-refractivity contribution in [2.24, 2.45) is 0 Å². The number of hydrogen-bond acceptors (Lipinski definition) is 6. The van der Waals surface area contributed by atoms with E-state index in [0.29, 0.717) is 23.7 Å². The number of anilines is 3. The first-order valence-electron chi connectivity index (χ1n) is 10.7. The number of quaternary nitrogens is 1. The fourth-order valence-electron chi connectivity index (χ4n) is 3.88. The summed E-state index contributed by atoms with van der Waals surface area (Å²) in [5, 5.41) is 5.96. The molecule has 0 atom stereocenters. The Kier molecular flexibility index (Phi) is 6.55. The van der Waals surface area contributed by atoms with Gasteiger partial charge in [0, 0.05) is 37.2 Å². The predicted molar refractivity (Wildman–Crippen MR) is 126 cm³/mol. The molecule has 8 heteroatoms. The molecule has 0 aromatic heterocycles. The Morgan fingerprint density at radius 1 is 1.09 bits per heavy atom. The number of methoxy groups -OCH3 is 1. The second-order valence-electron chi connectivity index (χ2n) is 8.61. The largest absolute Gasteiger partial charge is 0.494 e. The van der Waals surface area contributed by atoms with E-state index in [-0.39, 0.29) is 45.4 Å². The van der Waals surface area contributed by atoms with Crippen LogP contribution in [0.3, 0.4) is 0 Å². The smallest absolute Gasteiger partial charge is 0.221 e. The molecular weight excluding hydrogens is 408 g/mol. The van der Waals surface area contributed by atoms with Crippen LogP contribution in [0.1, 0.15) is 52.1 Å². The fraction of sp³-hybridized carbons (Fsp3) is 0.375. The summed E-state index contributed by atoms with van der Waals surface area (Å²) in [7, 11) is 5.80. The van der Waals surface area contributed by atoms with Crippen molar-refractivity contribution in [1.29, 1.82) is 0 Å².